The number of aromatic amines is 2. The minimum absolute atomic E-state index is 0.162. The number of benzene rings is 1. The van der Waals surface area contributed by atoms with E-state index in [0.29, 0.717) is 35.7 Å². The molecule has 1 amide bonds. The van der Waals surface area contributed by atoms with Gasteiger partial charge in [0.1, 0.15) is 12.3 Å². The first-order valence-electron chi connectivity index (χ1n) is 9.23. The normalized spacial score (nSPS) is 10.7. The summed E-state index contributed by atoms with van der Waals surface area (Å²) in [6, 6.07) is 9.72. The number of ether oxygens (including phenoxy) is 2. The van der Waals surface area contributed by atoms with Crippen molar-refractivity contribution in [3.63, 3.8) is 0 Å². The van der Waals surface area contributed by atoms with Crippen molar-refractivity contribution in [1.29, 1.82) is 0 Å². The van der Waals surface area contributed by atoms with E-state index in [1.165, 1.54) is 7.11 Å². The van der Waals surface area contributed by atoms with Crippen LogP contribution in [-0.2, 0) is 16.0 Å². The lowest BCUT2D eigenvalue weighted by atomic mass is 10.1. The molecule has 0 aliphatic heterocycles. The third kappa shape index (κ3) is 4.72. The SMILES string of the molecule is COCCOC(=O)c1c(C)[nH]c(C(=O)NCc2ccc(-c3ccn[nH]3)cc2)c1C. The summed E-state index contributed by atoms with van der Waals surface area (Å²) in [5, 5.41) is 9.73. The number of nitrogens with one attached hydrogen (secondary N) is 3. The molecule has 152 valence electrons. The number of hydrogen-bond acceptors (Lipinski definition) is 5. The maximum atomic E-state index is 12.6. The van der Waals surface area contributed by atoms with Crippen LogP contribution < -0.4 is 5.32 Å². The van der Waals surface area contributed by atoms with E-state index in [0.717, 1.165) is 16.8 Å². The number of carbonyl (C=O) groups is 2. The third-order valence-corrected chi connectivity index (χ3v) is 4.61. The number of H-pyrrole nitrogens is 2. The van der Waals surface area contributed by atoms with Crippen LogP contribution in [0, 0.1) is 13.8 Å². The maximum absolute atomic E-state index is 12.6. The third-order valence-electron chi connectivity index (χ3n) is 4.61. The molecule has 0 spiro atoms. The Kier molecular flexibility index (Phi) is 6.46. The lowest BCUT2D eigenvalue weighted by Gasteiger charge is -2.07. The molecule has 0 bridgehead atoms. The van der Waals surface area contributed by atoms with Crippen LogP contribution in [0.15, 0.2) is 36.5 Å². The molecule has 2 aromatic heterocycles. The molecule has 0 saturated heterocycles. The number of esters is 1. The molecule has 2 heterocycles. The van der Waals surface area contributed by atoms with Gasteiger partial charge in [-0.25, -0.2) is 4.79 Å². The van der Waals surface area contributed by atoms with Gasteiger partial charge in [0.2, 0.25) is 0 Å². The largest absolute Gasteiger partial charge is 0.460 e. The average molecular weight is 396 g/mol. The minimum atomic E-state index is -0.471. The first kappa shape index (κ1) is 20.3. The van der Waals surface area contributed by atoms with Gasteiger partial charge in [0.05, 0.1) is 17.9 Å². The van der Waals surface area contributed by atoms with E-state index in [1.807, 2.05) is 30.3 Å². The molecule has 8 nitrogen and oxygen atoms in total. The molecule has 3 aromatic rings. The van der Waals surface area contributed by atoms with E-state index < -0.39 is 5.97 Å². The van der Waals surface area contributed by atoms with Gasteiger partial charge in [-0.15, -0.1) is 0 Å². The van der Waals surface area contributed by atoms with Crippen LogP contribution in [0.4, 0.5) is 0 Å². The topological polar surface area (TPSA) is 109 Å². The highest BCUT2D eigenvalue weighted by atomic mass is 16.6. The predicted octanol–water partition coefficient (Wildman–Crippen LogP) is 2.75. The van der Waals surface area contributed by atoms with Gasteiger partial charge in [-0.2, -0.15) is 5.10 Å². The Morgan fingerprint density at radius 3 is 2.52 bits per heavy atom. The molecule has 29 heavy (non-hydrogen) atoms. The number of aryl methyl sites for hydroxylation is 1. The van der Waals surface area contributed by atoms with Crippen LogP contribution in [0.3, 0.4) is 0 Å². The lowest BCUT2D eigenvalue weighted by Crippen LogP contribution is -2.24. The molecule has 0 radical (unpaired) electrons. The second-order valence-electron chi connectivity index (χ2n) is 6.60. The zero-order chi connectivity index (χ0) is 20.8. The van der Waals surface area contributed by atoms with Crippen LogP contribution in [0.1, 0.15) is 37.7 Å². The number of hydrogen-bond donors (Lipinski definition) is 3. The Balaban J connectivity index is 1.63. The van der Waals surface area contributed by atoms with Crippen molar-refractivity contribution < 1.29 is 19.1 Å². The van der Waals surface area contributed by atoms with Crippen LogP contribution >= 0.6 is 0 Å². The van der Waals surface area contributed by atoms with Crippen molar-refractivity contribution >= 4 is 11.9 Å². The van der Waals surface area contributed by atoms with Crippen LogP contribution in [-0.4, -0.2) is 47.4 Å². The molecule has 3 rings (SSSR count). The van der Waals surface area contributed by atoms with Gasteiger partial charge >= 0.3 is 5.97 Å². The Morgan fingerprint density at radius 1 is 1.10 bits per heavy atom. The second-order valence-corrected chi connectivity index (χ2v) is 6.60. The van der Waals surface area contributed by atoms with Gasteiger partial charge in [0, 0.05) is 25.5 Å². The molecule has 0 saturated carbocycles. The summed E-state index contributed by atoms with van der Waals surface area (Å²) >= 11 is 0. The molecule has 0 aliphatic rings. The number of rotatable bonds is 8. The zero-order valence-electron chi connectivity index (χ0n) is 16.7. The number of methoxy groups -OCH3 is 1. The van der Waals surface area contributed by atoms with Crippen LogP contribution in [0.2, 0.25) is 0 Å². The van der Waals surface area contributed by atoms with Gasteiger partial charge < -0.3 is 19.8 Å². The number of aromatic nitrogens is 3. The second kappa shape index (κ2) is 9.20. The zero-order valence-corrected chi connectivity index (χ0v) is 16.7. The Morgan fingerprint density at radius 2 is 1.86 bits per heavy atom. The fourth-order valence-electron chi connectivity index (χ4n) is 3.06. The molecule has 0 fully saturated rings. The Labute approximate surface area is 168 Å². The first-order chi connectivity index (χ1) is 14.0. The van der Waals surface area contributed by atoms with Crippen molar-refractivity contribution in [3.8, 4) is 11.3 Å². The molecule has 0 unspecified atom stereocenters. The highest BCUT2D eigenvalue weighted by Gasteiger charge is 2.22. The summed E-state index contributed by atoms with van der Waals surface area (Å²) in [4.78, 5) is 27.9. The molecular weight excluding hydrogens is 372 g/mol. The summed E-state index contributed by atoms with van der Waals surface area (Å²) in [5.74, 6) is -0.749. The van der Waals surface area contributed by atoms with Crippen molar-refractivity contribution in [2.75, 3.05) is 20.3 Å². The van der Waals surface area contributed by atoms with Gasteiger partial charge in [0.15, 0.2) is 0 Å². The van der Waals surface area contributed by atoms with Crippen LogP contribution in [0.25, 0.3) is 11.3 Å². The predicted molar refractivity (Wildman–Crippen MR) is 108 cm³/mol. The summed E-state index contributed by atoms with van der Waals surface area (Å²) in [6.45, 7) is 4.32. The van der Waals surface area contributed by atoms with Crippen molar-refractivity contribution in [2.45, 2.75) is 20.4 Å². The maximum Gasteiger partial charge on any atom is 0.340 e. The Bertz CT molecular complexity index is 975. The lowest BCUT2D eigenvalue weighted by molar-refractivity contribution is 0.0387. The van der Waals surface area contributed by atoms with Crippen LogP contribution in [0.5, 0.6) is 0 Å². The standard InChI is InChI=1S/C21H24N4O4/c1-13-18(21(27)29-11-10-28-3)14(2)24-19(13)20(26)22-12-15-4-6-16(7-5-15)17-8-9-23-25-17/h4-9,24H,10-12H2,1-3H3,(H,22,26)(H,23,25). The summed E-state index contributed by atoms with van der Waals surface area (Å²) < 4.78 is 10.1. The van der Waals surface area contributed by atoms with E-state index >= 15 is 0 Å². The van der Waals surface area contributed by atoms with E-state index in [9.17, 15) is 9.59 Å². The van der Waals surface area contributed by atoms with Gasteiger partial charge in [-0.1, -0.05) is 24.3 Å². The molecule has 0 aliphatic carbocycles. The molecule has 0 atom stereocenters. The highest BCUT2D eigenvalue weighted by molar-refractivity contribution is 6.00. The minimum Gasteiger partial charge on any atom is -0.460 e. The first-order valence-corrected chi connectivity index (χ1v) is 9.23. The van der Waals surface area contributed by atoms with Crippen molar-refractivity contribution in [3.05, 3.63) is 64.6 Å². The van der Waals surface area contributed by atoms with Crippen molar-refractivity contribution in [2.24, 2.45) is 0 Å². The van der Waals surface area contributed by atoms with Gasteiger partial charge in [0.25, 0.3) is 5.91 Å². The van der Waals surface area contributed by atoms with Gasteiger partial charge in [-0.05, 0) is 36.6 Å². The van der Waals surface area contributed by atoms with Gasteiger partial charge in [-0.3, -0.25) is 9.89 Å². The fraction of sp³-hybridized carbons (Fsp3) is 0.286. The number of carbonyl (C=O) groups excluding carboxylic acids is 2. The van der Waals surface area contributed by atoms with E-state index in [4.69, 9.17) is 9.47 Å². The summed E-state index contributed by atoms with van der Waals surface area (Å²) in [5.41, 5.74) is 4.82. The summed E-state index contributed by atoms with van der Waals surface area (Å²) in [6.07, 6.45) is 1.70. The Hall–Kier alpha value is -3.39. The monoisotopic (exact) mass is 396 g/mol. The molecule has 3 N–H and O–H groups in total. The fourth-order valence-corrected chi connectivity index (χ4v) is 3.06. The number of nitrogens with zero attached hydrogens (tertiary/aromatic N) is 1. The van der Waals surface area contributed by atoms with Crippen molar-refractivity contribution in [1.82, 2.24) is 20.5 Å². The average Bonchev–Trinajstić information content (AvgIpc) is 3.35. The molecule has 8 heteroatoms. The van der Waals surface area contributed by atoms with E-state index in [2.05, 4.69) is 20.5 Å². The van der Waals surface area contributed by atoms with E-state index in [1.54, 1.807) is 20.0 Å². The quantitative estimate of drug-likeness (QED) is 0.401. The summed E-state index contributed by atoms with van der Waals surface area (Å²) in [7, 11) is 1.54. The highest BCUT2D eigenvalue weighted by Crippen LogP contribution is 2.20. The van der Waals surface area contributed by atoms with E-state index in [-0.39, 0.29) is 12.5 Å². The molecular formula is C21H24N4O4. The smallest absolute Gasteiger partial charge is 0.340 e. The number of amides is 1. The molecule has 1 aromatic carbocycles.